The Bertz CT molecular complexity index is 808. The molecule has 0 unspecified atom stereocenters. The summed E-state index contributed by atoms with van der Waals surface area (Å²) in [7, 11) is 0. The number of hydrogen-bond donors (Lipinski definition) is 0. The maximum absolute atomic E-state index is 12.7. The average molecular weight is 366 g/mol. The number of amides is 1. The van der Waals surface area contributed by atoms with E-state index in [0.29, 0.717) is 19.6 Å². The number of nitrogens with zero attached hydrogens (tertiary/aromatic N) is 2. The highest BCUT2D eigenvalue weighted by Gasteiger charge is 2.33. The van der Waals surface area contributed by atoms with Crippen molar-refractivity contribution in [3.63, 3.8) is 0 Å². The topological polar surface area (TPSA) is 51.7 Å². The van der Waals surface area contributed by atoms with Gasteiger partial charge >= 0.3 is 0 Å². The number of hydrogen-bond acceptors (Lipinski definition) is 4. The molecule has 3 heterocycles. The number of aryl methyl sites for hydroxylation is 1. The summed E-state index contributed by atoms with van der Waals surface area (Å²) in [6.07, 6.45) is 6.13. The fourth-order valence-corrected chi connectivity index (χ4v) is 4.16. The van der Waals surface area contributed by atoms with Crippen molar-refractivity contribution in [1.29, 1.82) is 0 Å². The fraction of sp³-hybridized carbons (Fsp3) is 0.455. The largest absolute Gasteiger partial charge is 0.454 e. The Morgan fingerprint density at radius 3 is 2.96 bits per heavy atom. The Morgan fingerprint density at radius 2 is 2.11 bits per heavy atom. The third-order valence-electron chi connectivity index (χ3n) is 5.52. The molecule has 1 saturated heterocycles. The lowest BCUT2D eigenvalue weighted by molar-refractivity contribution is -0.134. The summed E-state index contributed by atoms with van der Waals surface area (Å²) in [5, 5.41) is 0. The first-order valence-corrected chi connectivity index (χ1v) is 9.68. The summed E-state index contributed by atoms with van der Waals surface area (Å²) in [6.45, 7) is 4.25. The van der Waals surface area contributed by atoms with Gasteiger partial charge in [0, 0.05) is 31.4 Å². The summed E-state index contributed by atoms with van der Waals surface area (Å²) < 4.78 is 10.9. The lowest BCUT2D eigenvalue weighted by atomic mass is 9.77. The molecule has 1 aromatic heterocycles. The molecule has 2 aromatic rings. The summed E-state index contributed by atoms with van der Waals surface area (Å²) >= 11 is 0. The lowest BCUT2D eigenvalue weighted by Crippen LogP contribution is -2.45. The maximum Gasteiger partial charge on any atom is 0.231 e. The van der Waals surface area contributed by atoms with Crippen LogP contribution in [0.1, 0.15) is 37.4 Å². The van der Waals surface area contributed by atoms with Crippen LogP contribution in [-0.4, -0.2) is 35.7 Å². The standard InChI is InChI=1S/C22H26N2O3/c1-22(14-17-6-8-19-20(13-17)27-16-26-19)10-4-12-24(15-22)21(25)9-7-18-5-2-3-11-23-18/h2-3,5-6,8,11,13H,4,7,9-10,12,14-16H2,1H3/t22-/m1/s1. The molecule has 0 N–H and O–H groups in total. The first kappa shape index (κ1) is 17.8. The van der Waals surface area contributed by atoms with Gasteiger partial charge in [-0.05, 0) is 60.9 Å². The Hall–Kier alpha value is -2.56. The molecular weight excluding hydrogens is 340 g/mol. The van der Waals surface area contributed by atoms with Gasteiger partial charge < -0.3 is 14.4 Å². The van der Waals surface area contributed by atoms with Gasteiger partial charge in [0.2, 0.25) is 12.7 Å². The van der Waals surface area contributed by atoms with E-state index in [9.17, 15) is 4.79 Å². The van der Waals surface area contributed by atoms with E-state index >= 15 is 0 Å². The van der Waals surface area contributed by atoms with Crippen LogP contribution in [-0.2, 0) is 17.6 Å². The number of likely N-dealkylation sites (tertiary alicyclic amines) is 1. The van der Waals surface area contributed by atoms with Crippen molar-refractivity contribution in [2.75, 3.05) is 19.9 Å². The first-order valence-electron chi connectivity index (χ1n) is 9.68. The van der Waals surface area contributed by atoms with Crippen LogP contribution >= 0.6 is 0 Å². The third kappa shape index (κ3) is 4.24. The number of piperidine rings is 1. The molecule has 1 aromatic carbocycles. The number of rotatable bonds is 5. The van der Waals surface area contributed by atoms with E-state index in [1.807, 2.05) is 29.2 Å². The van der Waals surface area contributed by atoms with Crippen molar-refractivity contribution in [3.8, 4) is 11.5 Å². The van der Waals surface area contributed by atoms with Gasteiger partial charge in [-0.15, -0.1) is 0 Å². The molecule has 5 nitrogen and oxygen atoms in total. The molecule has 4 rings (SSSR count). The molecular formula is C22H26N2O3. The second kappa shape index (κ2) is 7.59. The second-order valence-corrected chi connectivity index (χ2v) is 7.91. The number of benzene rings is 1. The highest BCUT2D eigenvalue weighted by molar-refractivity contribution is 5.76. The van der Waals surface area contributed by atoms with Gasteiger partial charge in [0.1, 0.15) is 0 Å². The van der Waals surface area contributed by atoms with Gasteiger partial charge in [0.15, 0.2) is 11.5 Å². The predicted molar refractivity (Wildman–Crippen MR) is 103 cm³/mol. The Morgan fingerprint density at radius 1 is 1.22 bits per heavy atom. The normalized spacial score (nSPS) is 21.3. The van der Waals surface area contributed by atoms with Crippen LogP contribution < -0.4 is 9.47 Å². The Balaban J connectivity index is 1.37. The van der Waals surface area contributed by atoms with Gasteiger partial charge in [-0.2, -0.15) is 0 Å². The van der Waals surface area contributed by atoms with Crippen molar-refractivity contribution in [2.24, 2.45) is 5.41 Å². The zero-order valence-corrected chi connectivity index (χ0v) is 15.8. The third-order valence-corrected chi connectivity index (χ3v) is 5.52. The summed E-state index contributed by atoms with van der Waals surface area (Å²) in [6, 6.07) is 12.0. The van der Waals surface area contributed by atoms with E-state index in [1.54, 1.807) is 6.20 Å². The van der Waals surface area contributed by atoms with Crippen LogP contribution in [0.3, 0.4) is 0 Å². The van der Waals surface area contributed by atoms with Crippen LogP contribution in [0.4, 0.5) is 0 Å². The molecule has 5 heteroatoms. The SMILES string of the molecule is C[C@]1(Cc2ccc3c(c2)OCO3)CCCN(C(=O)CCc2ccccn2)C1. The van der Waals surface area contributed by atoms with Crippen LogP contribution in [0.2, 0.25) is 0 Å². The van der Waals surface area contributed by atoms with Crippen LogP contribution in [0.5, 0.6) is 11.5 Å². The van der Waals surface area contributed by atoms with E-state index in [1.165, 1.54) is 5.56 Å². The van der Waals surface area contributed by atoms with Gasteiger partial charge in [0.05, 0.1) is 0 Å². The quantitative estimate of drug-likeness (QED) is 0.811. The number of aromatic nitrogens is 1. The first-order chi connectivity index (χ1) is 13.1. The van der Waals surface area contributed by atoms with E-state index in [0.717, 1.165) is 49.5 Å². The van der Waals surface area contributed by atoms with Crippen molar-refractivity contribution in [3.05, 3.63) is 53.9 Å². The molecule has 1 atom stereocenters. The van der Waals surface area contributed by atoms with Crippen LogP contribution in [0, 0.1) is 5.41 Å². The molecule has 0 aliphatic carbocycles. The minimum Gasteiger partial charge on any atom is -0.454 e. The zero-order valence-electron chi connectivity index (χ0n) is 15.8. The molecule has 142 valence electrons. The van der Waals surface area contributed by atoms with Gasteiger partial charge in [-0.1, -0.05) is 19.1 Å². The van der Waals surface area contributed by atoms with Crippen molar-refractivity contribution in [2.45, 2.75) is 39.0 Å². The molecule has 2 aliphatic rings. The molecule has 1 fully saturated rings. The number of pyridine rings is 1. The van der Waals surface area contributed by atoms with Crippen LogP contribution in [0.25, 0.3) is 0 Å². The molecule has 2 aliphatic heterocycles. The number of carbonyl (C=O) groups excluding carboxylic acids is 1. The minimum absolute atomic E-state index is 0.0899. The molecule has 0 radical (unpaired) electrons. The molecule has 0 bridgehead atoms. The Kier molecular flexibility index (Phi) is 5.01. The van der Waals surface area contributed by atoms with E-state index in [-0.39, 0.29) is 11.3 Å². The zero-order chi connectivity index (χ0) is 18.7. The molecule has 0 spiro atoms. The van der Waals surface area contributed by atoms with Gasteiger partial charge in [-0.3, -0.25) is 9.78 Å². The highest BCUT2D eigenvalue weighted by Crippen LogP contribution is 2.37. The van der Waals surface area contributed by atoms with Crippen molar-refractivity contribution < 1.29 is 14.3 Å². The molecule has 0 saturated carbocycles. The predicted octanol–water partition coefficient (Wildman–Crippen LogP) is 3.61. The maximum atomic E-state index is 12.7. The van der Waals surface area contributed by atoms with E-state index in [2.05, 4.69) is 24.0 Å². The number of ether oxygens (including phenoxy) is 2. The van der Waals surface area contributed by atoms with Crippen molar-refractivity contribution in [1.82, 2.24) is 9.88 Å². The summed E-state index contributed by atoms with van der Waals surface area (Å²) in [5.74, 6) is 1.88. The Labute approximate surface area is 160 Å². The van der Waals surface area contributed by atoms with E-state index < -0.39 is 0 Å². The fourth-order valence-electron chi connectivity index (χ4n) is 4.16. The number of carbonyl (C=O) groups is 1. The molecule has 27 heavy (non-hydrogen) atoms. The molecule has 1 amide bonds. The highest BCUT2D eigenvalue weighted by atomic mass is 16.7. The number of fused-ring (bicyclic) bond motifs is 1. The van der Waals surface area contributed by atoms with E-state index in [4.69, 9.17) is 9.47 Å². The van der Waals surface area contributed by atoms with Gasteiger partial charge in [-0.25, -0.2) is 0 Å². The summed E-state index contributed by atoms with van der Waals surface area (Å²) in [5.41, 5.74) is 2.31. The summed E-state index contributed by atoms with van der Waals surface area (Å²) in [4.78, 5) is 19.1. The second-order valence-electron chi connectivity index (χ2n) is 7.91. The van der Waals surface area contributed by atoms with Crippen molar-refractivity contribution >= 4 is 5.91 Å². The average Bonchev–Trinajstić information content (AvgIpc) is 3.14. The lowest BCUT2D eigenvalue weighted by Gasteiger charge is -2.41. The van der Waals surface area contributed by atoms with Crippen LogP contribution in [0.15, 0.2) is 42.6 Å². The monoisotopic (exact) mass is 366 g/mol. The minimum atomic E-state index is 0.0899. The van der Waals surface area contributed by atoms with Gasteiger partial charge in [0.25, 0.3) is 0 Å². The smallest absolute Gasteiger partial charge is 0.231 e.